The fourth-order valence-corrected chi connectivity index (χ4v) is 5.88. The number of fused-ring (bicyclic) bond motifs is 1. The minimum Gasteiger partial charge on any atom is -0.392 e. The number of aryl methyl sites for hydroxylation is 1. The zero-order valence-corrected chi connectivity index (χ0v) is 19.9. The maximum Gasteiger partial charge on any atom is 0.274 e. The first kappa shape index (κ1) is 21.7. The van der Waals surface area contributed by atoms with Crippen LogP contribution < -0.4 is 15.8 Å². The molecular formula is C26H23N5O3S. The molecule has 1 aliphatic carbocycles. The van der Waals surface area contributed by atoms with Crippen molar-refractivity contribution >= 4 is 34.4 Å². The van der Waals surface area contributed by atoms with Gasteiger partial charge in [-0.05, 0) is 54.2 Å². The van der Waals surface area contributed by atoms with Gasteiger partial charge >= 0.3 is 0 Å². The number of anilines is 3. The van der Waals surface area contributed by atoms with E-state index in [0.717, 1.165) is 21.6 Å². The minimum atomic E-state index is -0.242. The van der Waals surface area contributed by atoms with E-state index in [1.54, 1.807) is 47.8 Å². The third kappa shape index (κ3) is 3.82. The van der Waals surface area contributed by atoms with Gasteiger partial charge < -0.3 is 19.9 Å². The minimum absolute atomic E-state index is 0.0182. The van der Waals surface area contributed by atoms with E-state index >= 15 is 0 Å². The highest BCUT2D eigenvalue weighted by Crippen LogP contribution is 2.47. The molecule has 8 nitrogen and oxygen atoms in total. The molecule has 0 unspecified atom stereocenters. The molecule has 35 heavy (non-hydrogen) atoms. The molecule has 2 N–H and O–H groups in total. The standard InChI is InChI=1S/C26H23N5O3S/c1-30-11-16(9-20(25(30)33)29-23-7-8-27-14-28-23)18-3-2-4-21(19(18)13-32)31-12-17-10-22(15-5-6-15)35-24(17)26(31)34/h2-4,7-11,14-15,32H,5-6,12-13H2,1H3,(H,27,28,29). The van der Waals surface area contributed by atoms with Crippen LogP contribution in [0.1, 0.15) is 44.4 Å². The molecule has 6 rings (SSSR count). The maximum atomic E-state index is 13.3. The summed E-state index contributed by atoms with van der Waals surface area (Å²) >= 11 is 1.61. The summed E-state index contributed by atoms with van der Waals surface area (Å²) in [5, 5.41) is 13.4. The summed E-state index contributed by atoms with van der Waals surface area (Å²) < 4.78 is 1.49. The maximum absolute atomic E-state index is 13.3. The summed E-state index contributed by atoms with van der Waals surface area (Å²) in [7, 11) is 1.68. The highest BCUT2D eigenvalue weighted by atomic mass is 32.1. The number of pyridine rings is 1. The monoisotopic (exact) mass is 485 g/mol. The van der Waals surface area contributed by atoms with Gasteiger partial charge in [0.15, 0.2) is 0 Å². The zero-order valence-electron chi connectivity index (χ0n) is 19.1. The molecule has 1 aliphatic heterocycles. The van der Waals surface area contributed by atoms with Gasteiger partial charge in [-0.1, -0.05) is 12.1 Å². The number of carbonyl (C=O) groups excluding carboxylic acids is 1. The Balaban J connectivity index is 1.38. The first-order chi connectivity index (χ1) is 17.0. The second kappa shape index (κ2) is 8.44. The third-order valence-electron chi connectivity index (χ3n) is 6.51. The van der Waals surface area contributed by atoms with E-state index in [1.807, 2.05) is 18.2 Å². The van der Waals surface area contributed by atoms with Gasteiger partial charge in [-0.15, -0.1) is 11.3 Å². The molecule has 0 bridgehead atoms. The molecule has 4 heterocycles. The molecule has 9 heteroatoms. The van der Waals surface area contributed by atoms with Gasteiger partial charge in [0.1, 0.15) is 17.8 Å². The first-order valence-corrected chi connectivity index (χ1v) is 12.3. The predicted molar refractivity (Wildman–Crippen MR) is 135 cm³/mol. The van der Waals surface area contributed by atoms with Crippen molar-refractivity contribution in [1.29, 1.82) is 0 Å². The van der Waals surface area contributed by atoms with Crippen molar-refractivity contribution < 1.29 is 9.90 Å². The summed E-state index contributed by atoms with van der Waals surface area (Å²) in [4.78, 5) is 38.0. The van der Waals surface area contributed by atoms with Crippen molar-refractivity contribution in [2.75, 3.05) is 10.2 Å². The number of benzene rings is 1. The Morgan fingerprint density at radius 1 is 1.20 bits per heavy atom. The van der Waals surface area contributed by atoms with E-state index in [4.69, 9.17) is 0 Å². The number of carbonyl (C=O) groups is 1. The van der Waals surface area contributed by atoms with Gasteiger partial charge in [-0.2, -0.15) is 0 Å². The molecule has 0 spiro atoms. The van der Waals surface area contributed by atoms with Crippen LogP contribution in [-0.2, 0) is 20.2 Å². The van der Waals surface area contributed by atoms with Crippen LogP contribution in [0.3, 0.4) is 0 Å². The number of rotatable bonds is 6. The number of hydrogen-bond donors (Lipinski definition) is 2. The van der Waals surface area contributed by atoms with Crippen LogP contribution in [0.15, 0.2) is 59.9 Å². The molecule has 176 valence electrons. The molecule has 3 aromatic heterocycles. The fourth-order valence-electron chi connectivity index (χ4n) is 4.59. The van der Waals surface area contributed by atoms with Crippen LogP contribution in [0.2, 0.25) is 0 Å². The molecule has 1 aromatic carbocycles. The average Bonchev–Trinajstić information content (AvgIpc) is 3.57. The van der Waals surface area contributed by atoms with E-state index < -0.39 is 0 Å². The highest BCUT2D eigenvalue weighted by molar-refractivity contribution is 7.14. The lowest BCUT2D eigenvalue weighted by Gasteiger charge is -2.22. The molecule has 4 aromatic rings. The molecule has 1 saturated carbocycles. The second-order valence-corrected chi connectivity index (χ2v) is 9.99. The largest absolute Gasteiger partial charge is 0.392 e. The smallest absolute Gasteiger partial charge is 0.274 e. The molecule has 1 fully saturated rings. The van der Waals surface area contributed by atoms with Gasteiger partial charge in [0.05, 0.1) is 23.7 Å². The Hall–Kier alpha value is -3.82. The average molecular weight is 486 g/mol. The molecular weight excluding hydrogens is 462 g/mol. The van der Waals surface area contributed by atoms with Crippen molar-refractivity contribution in [3.05, 3.63) is 86.4 Å². The predicted octanol–water partition coefficient (Wildman–Crippen LogP) is 4.18. The Morgan fingerprint density at radius 3 is 2.77 bits per heavy atom. The van der Waals surface area contributed by atoms with Crippen LogP contribution in [0.4, 0.5) is 17.2 Å². The fraction of sp³-hybridized carbons (Fsp3) is 0.231. The van der Waals surface area contributed by atoms with Gasteiger partial charge in [0, 0.05) is 35.4 Å². The van der Waals surface area contributed by atoms with Crippen LogP contribution in [0.5, 0.6) is 0 Å². The topological polar surface area (TPSA) is 100 Å². The second-order valence-electron chi connectivity index (χ2n) is 8.91. The molecule has 0 saturated heterocycles. The van der Waals surface area contributed by atoms with Crippen LogP contribution in [0.25, 0.3) is 11.1 Å². The van der Waals surface area contributed by atoms with Crippen molar-refractivity contribution in [2.24, 2.45) is 7.05 Å². The number of aromatic nitrogens is 3. The Kier molecular flexibility index (Phi) is 5.23. The molecule has 1 amide bonds. The van der Waals surface area contributed by atoms with Crippen LogP contribution >= 0.6 is 11.3 Å². The zero-order chi connectivity index (χ0) is 24.1. The number of nitrogens with zero attached hydrogens (tertiary/aromatic N) is 4. The van der Waals surface area contributed by atoms with Crippen LogP contribution in [-0.4, -0.2) is 25.5 Å². The quantitative estimate of drug-likeness (QED) is 0.425. The number of nitrogens with one attached hydrogen (secondary N) is 1. The molecule has 0 atom stereocenters. The van der Waals surface area contributed by atoms with Crippen molar-refractivity contribution in [3.63, 3.8) is 0 Å². The van der Waals surface area contributed by atoms with Crippen LogP contribution in [0, 0.1) is 0 Å². The number of aliphatic hydroxyl groups excluding tert-OH is 1. The number of hydrogen-bond acceptors (Lipinski definition) is 7. The Morgan fingerprint density at radius 2 is 2.06 bits per heavy atom. The lowest BCUT2D eigenvalue weighted by molar-refractivity contribution is 0.0999. The van der Waals surface area contributed by atoms with E-state index in [1.165, 1.54) is 28.6 Å². The summed E-state index contributed by atoms with van der Waals surface area (Å²) in [6.45, 7) is 0.259. The summed E-state index contributed by atoms with van der Waals surface area (Å²) in [6, 6.07) is 11.2. The summed E-state index contributed by atoms with van der Waals surface area (Å²) in [6.07, 6.45) is 7.15. The summed E-state index contributed by atoms with van der Waals surface area (Å²) in [5.41, 5.74) is 4.04. The number of amides is 1. The van der Waals surface area contributed by atoms with Crippen molar-refractivity contribution in [2.45, 2.75) is 31.9 Å². The Labute approximate surface area is 205 Å². The van der Waals surface area contributed by atoms with Gasteiger partial charge in [0.25, 0.3) is 11.5 Å². The van der Waals surface area contributed by atoms with Gasteiger partial charge in [-0.25, -0.2) is 9.97 Å². The number of aliphatic hydroxyl groups is 1. The molecule has 2 aliphatic rings. The third-order valence-corrected chi connectivity index (χ3v) is 7.84. The SMILES string of the molecule is Cn1cc(-c2cccc(N3Cc4cc(C5CC5)sc4C3=O)c2CO)cc(Nc2ccncn2)c1=O. The lowest BCUT2D eigenvalue weighted by Crippen LogP contribution is -2.24. The van der Waals surface area contributed by atoms with E-state index in [9.17, 15) is 14.7 Å². The summed E-state index contributed by atoms with van der Waals surface area (Å²) in [5.74, 6) is 1.11. The van der Waals surface area contributed by atoms with Gasteiger partial charge in [-0.3, -0.25) is 9.59 Å². The van der Waals surface area contributed by atoms with Crippen molar-refractivity contribution in [3.8, 4) is 11.1 Å². The van der Waals surface area contributed by atoms with Gasteiger partial charge in [0.2, 0.25) is 0 Å². The lowest BCUT2D eigenvalue weighted by atomic mass is 9.98. The van der Waals surface area contributed by atoms with Crippen molar-refractivity contribution in [1.82, 2.24) is 14.5 Å². The normalized spacial score (nSPS) is 14.9. The molecule has 0 radical (unpaired) electrons. The Bertz CT molecular complexity index is 1510. The van der Waals surface area contributed by atoms with E-state index in [0.29, 0.717) is 35.2 Å². The van der Waals surface area contributed by atoms with E-state index in [2.05, 4.69) is 21.4 Å². The first-order valence-electron chi connectivity index (χ1n) is 11.4. The highest BCUT2D eigenvalue weighted by Gasteiger charge is 2.35. The number of thiophene rings is 1. The van der Waals surface area contributed by atoms with E-state index in [-0.39, 0.29) is 18.1 Å².